The van der Waals surface area contributed by atoms with Crippen molar-refractivity contribution in [1.82, 2.24) is 10.3 Å². The quantitative estimate of drug-likeness (QED) is 0.695. The van der Waals surface area contributed by atoms with Crippen LogP contribution in [0.3, 0.4) is 0 Å². The van der Waals surface area contributed by atoms with Crippen LogP contribution in [0.1, 0.15) is 25.0 Å². The summed E-state index contributed by atoms with van der Waals surface area (Å²) in [6.07, 6.45) is 6.82. The summed E-state index contributed by atoms with van der Waals surface area (Å²) in [4.78, 5) is 3.85. The molecule has 0 spiro atoms. The average molecular weight is 240 g/mol. The Kier molecular flexibility index (Phi) is 5.48. The predicted octanol–water partition coefficient (Wildman–Crippen LogP) is 1.35. The molecule has 1 atom stereocenters. The molecule has 1 N–H and O–H groups in total. The van der Waals surface area contributed by atoms with E-state index in [2.05, 4.69) is 10.3 Å². The highest BCUT2D eigenvalue weighted by Gasteiger charge is 2.14. The molecule has 17 heavy (non-hydrogen) atoms. The number of hydrogen-bond acceptors (Lipinski definition) is 5. The predicted molar refractivity (Wildman–Crippen MR) is 62.6 cm³/mol. The van der Waals surface area contributed by atoms with Gasteiger partial charge in [-0.1, -0.05) is 0 Å². The van der Waals surface area contributed by atoms with Gasteiger partial charge in [0.15, 0.2) is 6.39 Å². The lowest BCUT2D eigenvalue weighted by molar-refractivity contribution is 0.0166. The third-order valence-corrected chi connectivity index (χ3v) is 2.75. The maximum atomic E-state index is 5.55. The van der Waals surface area contributed by atoms with Gasteiger partial charge in [-0.25, -0.2) is 4.98 Å². The third kappa shape index (κ3) is 4.85. The molecule has 1 aromatic rings. The average Bonchev–Trinajstić information content (AvgIpc) is 3.00. The van der Waals surface area contributed by atoms with Gasteiger partial charge in [0.25, 0.3) is 0 Å². The van der Waals surface area contributed by atoms with Gasteiger partial charge in [-0.2, -0.15) is 0 Å². The minimum atomic E-state index is 0.331. The summed E-state index contributed by atoms with van der Waals surface area (Å²) in [6.45, 7) is 4.07. The van der Waals surface area contributed by atoms with Gasteiger partial charge < -0.3 is 19.2 Å². The lowest BCUT2D eigenvalue weighted by Crippen LogP contribution is -2.18. The Morgan fingerprint density at radius 3 is 3.29 bits per heavy atom. The van der Waals surface area contributed by atoms with Crippen molar-refractivity contribution in [3.63, 3.8) is 0 Å². The summed E-state index contributed by atoms with van der Waals surface area (Å²) in [5.74, 6) is 0.866. The molecule has 0 amide bonds. The van der Waals surface area contributed by atoms with Gasteiger partial charge in [-0.15, -0.1) is 0 Å². The van der Waals surface area contributed by atoms with E-state index in [1.54, 1.807) is 6.20 Å². The minimum absolute atomic E-state index is 0.331. The molecule has 1 fully saturated rings. The molecular formula is C12H20N2O3. The van der Waals surface area contributed by atoms with E-state index < -0.39 is 0 Å². The molecule has 0 aliphatic carbocycles. The molecule has 0 radical (unpaired) electrons. The van der Waals surface area contributed by atoms with Crippen LogP contribution in [0.15, 0.2) is 17.0 Å². The fourth-order valence-electron chi connectivity index (χ4n) is 1.83. The van der Waals surface area contributed by atoms with E-state index in [1.165, 1.54) is 12.8 Å². The number of nitrogens with zero attached hydrogens (tertiary/aromatic N) is 1. The van der Waals surface area contributed by atoms with Crippen LogP contribution < -0.4 is 5.32 Å². The fraction of sp³-hybridized carbons (Fsp3) is 0.750. The van der Waals surface area contributed by atoms with Crippen LogP contribution >= 0.6 is 0 Å². The van der Waals surface area contributed by atoms with E-state index in [9.17, 15) is 0 Å². The van der Waals surface area contributed by atoms with Crippen molar-refractivity contribution in [2.24, 2.45) is 0 Å². The molecular weight excluding hydrogens is 220 g/mol. The second-order valence-electron chi connectivity index (χ2n) is 4.21. The molecule has 0 aromatic carbocycles. The smallest absolute Gasteiger partial charge is 0.180 e. The van der Waals surface area contributed by atoms with Crippen LogP contribution in [0.4, 0.5) is 0 Å². The van der Waals surface area contributed by atoms with Gasteiger partial charge in [0.05, 0.1) is 25.5 Å². The molecule has 5 nitrogen and oxygen atoms in total. The molecule has 2 rings (SSSR count). The first kappa shape index (κ1) is 12.5. The first-order valence-electron chi connectivity index (χ1n) is 6.22. The highest BCUT2D eigenvalue weighted by molar-refractivity contribution is 4.86. The Hall–Kier alpha value is -0.910. The van der Waals surface area contributed by atoms with Gasteiger partial charge in [0, 0.05) is 13.2 Å². The molecule has 5 heteroatoms. The molecule has 0 bridgehead atoms. The second kappa shape index (κ2) is 7.42. The number of hydrogen-bond donors (Lipinski definition) is 1. The first-order valence-corrected chi connectivity index (χ1v) is 6.22. The molecule has 2 heterocycles. The van der Waals surface area contributed by atoms with Crippen LogP contribution in [0.2, 0.25) is 0 Å². The Balaban J connectivity index is 1.39. The summed E-state index contributed by atoms with van der Waals surface area (Å²) >= 11 is 0. The van der Waals surface area contributed by atoms with Gasteiger partial charge in [-0.3, -0.25) is 0 Å². The SMILES string of the molecule is c1ncc(CNCCCOCC2CCCO2)o1. The second-order valence-corrected chi connectivity index (χ2v) is 4.21. The zero-order chi connectivity index (χ0) is 11.8. The summed E-state index contributed by atoms with van der Waals surface area (Å²) < 4.78 is 16.1. The number of ether oxygens (including phenoxy) is 2. The van der Waals surface area contributed by atoms with Crippen LogP contribution in [0, 0.1) is 0 Å². The number of oxazole rings is 1. The van der Waals surface area contributed by atoms with E-state index in [0.29, 0.717) is 6.10 Å². The van der Waals surface area contributed by atoms with E-state index in [0.717, 1.165) is 51.5 Å². The van der Waals surface area contributed by atoms with Crippen molar-refractivity contribution in [3.05, 3.63) is 18.4 Å². The van der Waals surface area contributed by atoms with Crippen LogP contribution in [-0.2, 0) is 16.0 Å². The monoisotopic (exact) mass is 240 g/mol. The summed E-state index contributed by atoms with van der Waals surface area (Å²) in [5.41, 5.74) is 0. The normalized spacial score (nSPS) is 19.9. The van der Waals surface area contributed by atoms with Crippen molar-refractivity contribution < 1.29 is 13.9 Å². The molecule has 96 valence electrons. The van der Waals surface area contributed by atoms with Crippen molar-refractivity contribution in [2.75, 3.05) is 26.4 Å². The molecule has 1 aliphatic rings. The fourth-order valence-corrected chi connectivity index (χ4v) is 1.83. The molecule has 1 saturated heterocycles. The van der Waals surface area contributed by atoms with Crippen molar-refractivity contribution in [1.29, 1.82) is 0 Å². The van der Waals surface area contributed by atoms with Gasteiger partial charge >= 0.3 is 0 Å². The standard InChI is InChI=1S/C12H20N2O3/c1-3-11(16-6-1)9-15-5-2-4-13-7-12-8-14-10-17-12/h8,10-11,13H,1-7,9H2. The summed E-state index contributed by atoms with van der Waals surface area (Å²) in [7, 11) is 0. The highest BCUT2D eigenvalue weighted by atomic mass is 16.5. The van der Waals surface area contributed by atoms with Gasteiger partial charge in [0.2, 0.25) is 0 Å². The number of aromatic nitrogens is 1. The van der Waals surface area contributed by atoms with E-state index >= 15 is 0 Å². The topological polar surface area (TPSA) is 56.5 Å². The Morgan fingerprint density at radius 2 is 2.53 bits per heavy atom. The van der Waals surface area contributed by atoms with E-state index in [1.807, 2.05) is 0 Å². The van der Waals surface area contributed by atoms with E-state index in [4.69, 9.17) is 13.9 Å². The lowest BCUT2D eigenvalue weighted by Gasteiger charge is -2.09. The maximum Gasteiger partial charge on any atom is 0.180 e. The largest absolute Gasteiger partial charge is 0.447 e. The van der Waals surface area contributed by atoms with Crippen LogP contribution in [-0.4, -0.2) is 37.5 Å². The zero-order valence-corrected chi connectivity index (χ0v) is 10.1. The van der Waals surface area contributed by atoms with E-state index in [-0.39, 0.29) is 0 Å². The molecule has 1 unspecified atom stereocenters. The molecule has 0 saturated carbocycles. The molecule has 1 aromatic heterocycles. The maximum absolute atomic E-state index is 5.55. The van der Waals surface area contributed by atoms with Gasteiger partial charge in [0.1, 0.15) is 5.76 Å². The first-order chi connectivity index (χ1) is 8.45. The van der Waals surface area contributed by atoms with Gasteiger partial charge in [-0.05, 0) is 25.8 Å². The molecule has 1 aliphatic heterocycles. The zero-order valence-electron chi connectivity index (χ0n) is 10.1. The number of rotatable bonds is 8. The number of nitrogens with one attached hydrogen (secondary N) is 1. The lowest BCUT2D eigenvalue weighted by atomic mass is 10.2. The Bertz CT molecular complexity index is 284. The van der Waals surface area contributed by atoms with Crippen molar-refractivity contribution in [2.45, 2.75) is 31.9 Å². The van der Waals surface area contributed by atoms with Crippen LogP contribution in [0.5, 0.6) is 0 Å². The Morgan fingerprint density at radius 1 is 1.53 bits per heavy atom. The highest BCUT2D eigenvalue weighted by Crippen LogP contribution is 2.11. The third-order valence-electron chi connectivity index (χ3n) is 2.75. The Labute approximate surface area is 102 Å². The van der Waals surface area contributed by atoms with Crippen LogP contribution in [0.25, 0.3) is 0 Å². The van der Waals surface area contributed by atoms with Crippen molar-refractivity contribution >= 4 is 0 Å². The minimum Gasteiger partial charge on any atom is -0.447 e. The summed E-state index contributed by atoms with van der Waals surface area (Å²) in [6, 6.07) is 0. The summed E-state index contributed by atoms with van der Waals surface area (Å²) in [5, 5.41) is 3.27. The van der Waals surface area contributed by atoms with Crippen molar-refractivity contribution in [3.8, 4) is 0 Å².